The lowest BCUT2D eigenvalue weighted by molar-refractivity contribution is -0.0610. The van der Waals surface area contributed by atoms with E-state index in [1.807, 2.05) is 20.8 Å². The molecule has 0 aromatic rings. The van der Waals surface area contributed by atoms with Crippen molar-refractivity contribution >= 4 is 6.09 Å². The zero-order chi connectivity index (χ0) is 11.3. The van der Waals surface area contributed by atoms with Gasteiger partial charge in [-0.15, -0.1) is 0 Å². The molecule has 2 fully saturated rings. The Hall–Kier alpha value is -0.800. The second kappa shape index (κ2) is 3.09. The van der Waals surface area contributed by atoms with Crippen molar-refractivity contribution in [3.8, 4) is 0 Å². The Bertz CT molecular complexity index is 275. The highest BCUT2D eigenvalue weighted by Crippen LogP contribution is 2.47. The molecule has 0 bridgehead atoms. The van der Waals surface area contributed by atoms with Gasteiger partial charge in [0.15, 0.2) is 0 Å². The van der Waals surface area contributed by atoms with Gasteiger partial charge >= 0.3 is 6.09 Å². The average molecular weight is 215 g/mol. The molecule has 0 aromatic heterocycles. The van der Waals surface area contributed by atoms with Gasteiger partial charge in [0.25, 0.3) is 0 Å². The predicted molar refractivity (Wildman–Crippen MR) is 54.4 cm³/mol. The molecule has 0 atom stereocenters. The minimum atomic E-state index is -1.11. The Morgan fingerprint density at radius 2 is 1.93 bits per heavy atom. The molecular formula is C11H18FNO2. The summed E-state index contributed by atoms with van der Waals surface area (Å²) in [5.41, 5.74) is -1.61. The monoisotopic (exact) mass is 215 g/mol. The first-order chi connectivity index (χ1) is 6.80. The predicted octanol–water partition coefficient (Wildman–Crippen LogP) is 2.36. The summed E-state index contributed by atoms with van der Waals surface area (Å²) < 4.78 is 19.0. The van der Waals surface area contributed by atoms with E-state index in [2.05, 4.69) is 0 Å². The van der Waals surface area contributed by atoms with Crippen LogP contribution in [0.5, 0.6) is 0 Å². The van der Waals surface area contributed by atoms with Crippen molar-refractivity contribution in [2.45, 2.75) is 44.9 Å². The van der Waals surface area contributed by atoms with Crippen LogP contribution in [0.4, 0.5) is 9.18 Å². The molecule has 3 nitrogen and oxygen atoms in total. The summed E-state index contributed by atoms with van der Waals surface area (Å²) in [5.74, 6) is 0.191. The van der Waals surface area contributed by atoms with Crippen LogP contribution in [-0.4, -0.2) is 35.4 Å². The highest BCUT2D eigenvalue weighted by Gasteiger charge is 2.55. The molecule has 2 rings (SSSR count). The second-order valence-corrected chi connectivity index (χ2v) is 5.65. The molecule has 2 aliphatic rings. The smallest absolute Gasteiger partial charge is 0.410 e. The normalized spacial score (nSPS) is 24.7. The van der Waals surface area contributed by atoms with E-state index in [4.69, 9.17) is 4.74 Å². The van der Waals surface area contributed by atoms with Crippen LogP contribution in [0.2, 0.25) is 0 Å². The maximum Gasteiger partial charge on any atom is 0.410 e. The van der Waals surface area contributed by atoms with Crippen molar-refractivity contribution in [2.24, 2.45) is 5.92 Å². The Kier molecular flexibility index (Phi) is 2.21. The van der Waals surface area contributed by atoms with Gasteiger partial charge in [-0.05, 0) is 39.5 Å². The Morgan fingerprint density at radius 3 is 2.33 bits per heavy atom. The third-order valence-corrected chi connectivity index (χ3v) is 2.87. The first-order valence-electron chi connectivity index (χ1n) is 5.47. The van der Waals surface area contributed by atoms with Gasteiger partial charge in [-0.2, -0.15) is 0 Å². The van der Waals surface area contributed by atoms with Gasteiger partial charge in [-0.25, -0.2) is 9.18 Å². The topological polar surface area (TPSA) is 29.5 Å². The molecule has 0 aromatic carbocycles. The molecule has 4 heteroatoms. The van der Waals surface area contributed by atoms with E-state index < -0.39 is 17.4 Å². The number of carbonyl (C=O) groups is 1. The van der Waals surface area contributed by atoms with Gasteiger partial charge in [-0.1, -0.05) is 0 Å². The summed E-state index contributed by atoms with van der Waals surface area (Å²) in [7, 11) is 0. The summed E-state index contributed by atoms with van der Waals surface area (Å²) in [6, 6.07) is 0. The summed E-state index contributed by atoms with van der Waals surface area (Å²) in [6.45, 7) is 5.87. The number of likely N-dealkylation sites (tertiary alicyclic amines) is 1. The Morgan fingerprint density at radius 1 is 1.40 bits per heavy atom. The summed E-state index contributed by atoms with van der Waals surface area (Å²) >= 11 is 0. The molecule has 0 spiro atoms. The molecule has 0 N–H and O–H groups in total. The fraction of sp³-hybridized carbons (Fsp3) is 0.909. The van der Waals surface area contributed by atoms with E-state index in [0.717, 1.165) is 12.8 Å². The van der Waals surface area contributed by atoms with Gasteiger partial charge in [0.05, 0.1) is 13.1 Å². The zero-order valence-electron chi connectivity index (χ0n) is 9.55. The van der Waals surface area contributed by atoms with E-state index in [1.165, 1.54) is 4.90 Å². The van der Waals surface area contributed by atoms with Crippen molar-refractivity contribution in [1.82, 2.24) is 4.90 Å². The lowest BCUT2D eigenvalue weighted by atomic mass is 9.91. The molecule has 1 aliphatic heterocycles. The van der Waals surface area contributed by atoms with Crippen LogP contribution in [0.15, 0.2) is 0 Å². The highest BCUT2D eigenvalue weighted by molar-refractivity contribution is 5.69. The van der Waals surface area contributed by atoms with Gasteiger partial charge in [0.2, 0.25) is 0 Å². The lowest BCUT2D eigenvalue weighted by Crippen LogP contribution is -2.62. The average Bonchev–Trinajstić information content (AvgIpc) is 2.76. The molecule has 86 valence electrons. The number of halogens is 1. The number of rotatable bonds is 1. The van der Waals surface area contributed by atoms with E-state index >= 15 is 0 Å². The zero-order valence-corrected chi connectivity index (χ0v) is 9.55. The van der Waals surface area contributed by atoms with E-state index in [9.17, 15) is 9.18 Å². The van der Waals surface area contributed by atoms with E-state index in [1.54, 1.807) is 0 Å². The molecule has 0 unspecified atom stereocenters. The first-order valence-corrected chi connectivity index (χ1v) is 5.47. The molecular weight excluding hydrogens is 197 g/mol. The largest absolute Gasteiger partial charge is 0.444 e. The minimum absolute atomic E-state index is 0.191. The summed E-state index contributed by atoms with van der Waals surface area (Å²) in [6.07, 6.45) is 1.55. The van der Waals surface area contributed by atoms with Gasteiger partial charge in [-0.3, -0.25) is 0 Å². The third-order valence-electron chi connectivity index (χ3n) is 2.87. The maximum absolute atomic E-state index is 13.9. The van der Waals surface area contributed by atoms with Crippen LogP contribution in [0.1, 0.15) is 33.6 Å². The number of hydrogen-bond donors (Lipinski definition) is 0. The quantitative estimate of drug-likeness (QED) is 0.672. The highest BCUT2D eigenvalue weighted by atomic mass is 19.1. The van der Waals surface area contributed by atoms with Crippen LogP contribution in [0.3, 0.4) is 0 Å². The molecule has 1 aliphatic carbocycles. The standard InChI is InChI=1S/C11H18FNO2/c1-10(2,3)15-9(14)13-6-11(12,7-13)8-4-5-8/h8H,4-7H2,1-3H3. The molecule has 1 saturated heterocycles. The Labute approximate surface area is 89.6 Å². The number of alkyl halides is 1. The molecule has 1 saturated carbocycles. The van der Waals surface area contributed by atoms with Gasteiger partial charge < -0.3 is 9.64 Å². The fourth-order valence-electron chi connectivity index (χ4n) is 1.90. The minimum Gasteiger partial charge on any atom is -0.444 e. The van der Waals surface area contributed by atoms with E-state index in [-0.39, 0.29) is 19.0 Å². The van der Waals surface area contributed by atoms with Gasteiger partial charge in [0.1, 0.15) is 11.3 Å². The van der Waals surface area contributed by atoms with Crippen LogP contribution in [-0.2, 0) is 4.74 Å². The summed E-state index contributed by atoms with van der Waals surface area (Å²) in [5, 5.41) is 0. The lowest BCUT2D eigenvalue weighted by Gasteiger charge is -2.44. The fourth-order valence-corrected chi connectivity index (χ4v) is 1.90. The second-order valence-electron chi connectivity index (χ2n) is 5.65. The van der Waals surface area contributed by atoms with Crippen molar-refractivity contribution in [1.29, 1.82) is 0 Å². The number of hydrogen-bond acceptors (Lipinski definition) is 2. The van der Waals surface area contributed by atoms with Crippen molar-refractivity contribution in [3.63, 3.8) is 0 Å². The molecule has 0 radical (unpaired) electrons. The van der Waals surface area contributed by atoms with Crippen molar-refractivity contribution in [2.75, 3.05) is 13.1 Å². The maximum atomic E-state index is 13.9. The third kappa shape index (κ3) is 2.24. The van der Waals surface area contributed by atoms with E-state index in [0.29, 0.717) is 0 Å². The molecule has 1 amide bonds. The van der Waals surface area contributed by atoms with Gasteiger partial charge in [0, 0.05) is 0 Å². The molecule has 15 heavy (non-hydrogen) atoms. The van der Waals surface area contributed by atoms with Crippen LogP contribution < -0.4 is 0 Å². The first kappa shape index (κ1) is 10.7. The number of ether oxygens (including phenoxy) is 1. The number of nitrogens with zero attached hydrogens (tertiary/aromatic N) is 1. The van der Waals surface area contributed by atoms with Crippen molar-refractivity contribution in [3.05, 3.63) is 0 Å². The number of carbonyl (C=O) groups excluding carboxylic acids is 1. The van der Waals surface area contributed by atoms with Crippen LogP contribution >= 0.6 is 0 Å². The molecule has 1 heterocycles. The van der Waals surface area contributed by atoms with Crippen molar-refractivity contribution < 1.29 is 13.9 Å². The summed E-state index contributed by atoms with van der Waals surface area (Å²) in [4.78, 5) is 13.0. The number of amides is 1. The SMILES string of the molecule is CC(C)(C)OC(=O)N1CC(F)(C2CC2)C1. The van der Waals surface area contributed by atoms with Crippen LogP contribution in [0.25, 0.3) is 0 Å². The Balaban J connectivity index is 1.81. The van der Waals surface area contributed by atoms with Crippen LogP contribution in [0, 0.1) is 5.92 Å².